The van der Waals surface area contributed by atoms with E-state index < -0.39 is 5.97 Å². The normalized spacial score (nSPS) is 10.5. The van der Waals surface area contributed by atoms with Crippen molar-refractivity contribution >= 4 is 12.0 Å². The predicted molar refractivity (Wildman–Crippen MR) is 96.1 cm³/mol. The van der Waals surface area contributed by atoms with Gasteiger partial charge in [-0.05, 0) is 35.9 Å². The summed E-state index contributed by atoms with van der Waals surface area (Å²) in [6.07, 6.45) is 3.76. The molecule has 25 heavy (non-hydrogen) atoms. The molecule has 0 spiro atoms. The van der Waals surface area contributed by atoms with Crippen LogP contribution < -0.4 is 14.2 Å². The third-order valence-electron chi connectivity index (χ3n) is 3.36. The summed E-state index contributed by atoms with van der Waals surface area (Å²) in [7, 11) is 2.93. The van der Waals surface area contributed by atoms with Crippen LogP contribution in [0.25, 0.3) is 6.08 Å². The van der Waals surface area contributed by atoms with Gasteiger partial charge in [0.1, 0.15) is 5.75 Å². The summed E-state index contributed by atoms with van der Waals surface area (Å²) in [6.45, 7) is 1.06. The van der Waals surface area contributed by atoms with Gasteiger partial charge in [-0.1, -0.05) is 24.3 Å². The first-order chi connectivity index (χ1) is 12.2. The molecule has 0 aliphatic rings. The fraction of sp³-hybridized carbons (Fsp3) is 0.250. The minimum absolute atomic E-state index is 0.406. The molecule has 0 fully saturated rings. The van der Waals surface area contributed by atoms with Crippen LogP contribution in [0.15, 0.2) is 54.6 Å². The van der Waals surface area contributed by atoms with Crippen LogP contribution in [0.4, 0.5) is 0 Å². The highest BCUT2D eigenvalue weighted by atomic mass is 16.5. The number of methoxy groups -OCH3 is 2. The molecule has 2 aromatic carbocycles. The molecule has 0 saturated heterocycles. The Morgan fingerprint density at radius 1 is 0.960 bits per heavy atom. The van der Waals surface area contributed by atoms with Crippen LogP contribution >= 0.6 is 0 Å². The molecule has 0 radical (unpaired) electrons. The Morgan fingerprint density at radius 2 is 1.72 bits per heavy atom. The second-order valence-electron chi connectivity index (χ2n) is 5.13. The highest BCUT2D eigenvalue weighted by Crippen LogP contribution is 2.28. The van der Waals surface area contributed by atoms with E-state index in [-0.39, 0.29) is 0 Å². The first kappa shape index (κ1) is 18.4. The smallest absolute Gasteiger partial charge is 0.330 e. The maximum Gasteiger partial charge on any atom is 0.330 e. The van der Waals surface area contributed by atoms with E-state index in [2.05, 4.69) is 4.74 Å². The van der Waals surface area contributed by atoms with E-state index in [1.807, 2.05) is 42.5 Å². The highest BCUT2D eigenvalue weighted by Gasteiger charge is 2.05. The third-order valence-corrected chi connectivity index (χ3v) is 3.36. The molecule has 0 amide bonds. The highest BCUT2D eigenvalue weighted by molar-refractivity contribution is 5.87. The van der Waals surface area contributed by atoms with Gasteiger partial charge in [0, 0.05) is 12.5 Å². The zero-order valence-electron chi connectivity index (χ0n) is 14.4. The van der Waals surface area contributed by atoms with Crippen molar-refractivity contribution in [1.82, 2.24) is 0 Å². The largest absolute Gasteiger partial charge is 0.493 e. The summed E-state index contributed by atoms with van der Waals surface area (Å²) in [4.78, 5) is 11.2. The molecule has 0 bridgehead atoms. The first-order valence-electron chi connectivity index (χ1n) is 7.97. The second kappa shape index (κ2) is 10.0. The number of hydrogen-bond acceptors (Lipinski definition) is 5. The summed E-state index contributed by atoms with van der Waals surface area (Å²) in [5.74, 6) is 1.69. The Balaban J connectivity index is 1.86. The molecule has 2 rings (SSSR count). The van der Waals surface area contributed by atoms with Gasteiger partial charge in [-0.15, -0.1) is 0 Å². The average Bonchev–Trinajstić information content (AvgIpc) is 2.66. The summed E-state index contributed by atoms with van der Waals surface area (Å²) >= 11 is 0. The zero-order valence-corrected chi connectivity index (χ0v) is 14.4. The summed E-state index contributed by atoms with van der Waals surface area (Å²) in [6, 6.07) is 15.1. The number of carbonyl (C=O) groups excluding carboxylic acids is 1. The van der Waals surface area contributed by atoms with E-state index in [9.17, 15) is 4.79 Å². The van der Waals surface area contributed by atoms with E-state index in [0.29, 0.717) is 24.7 Å². The Hall–Kier alpha value is -2.95. The molecular formula is C20H22O5. The van der Waals surface area contributed by atoms with E-state index in [4.69, 9.17) is 14.2 Å². The molecule has 0 aliphatic heterocycles. The summed E-state index contributed by atoms with van der Waals surface area (Å²) in [5, 5.41) is 0. The number of esters is 1. The molecule has 5 heteroatoms. The van der Waals surface area contributed by atoms with Crippen molar-refractivity contribution in [3.05, 3.63) is 60.2 Å². The van der Waals surface area contributed by atoms with Crippen LogP contribution in [0.3, 0.4) is 0 Å². The van der Waals surface area contributed by atoms with Crippen LogP contribution in [0.2, 0.25) is 0 Å². The monoisotopic (exact) mass is 342 g/mol. The van der Waals surface area contributed by atoms with Gasteiger partial charge in [0.25, 0.3) is 0 Å². The number of carbonyl (C=O) groups is 1. The Bertz CT molecular complexity index is 694. The van der Waals surface area contributed by atoms with Crippen molar-refractivity contribution in [2.24, 2.45) is 0 Å². The van der Waals surface area contributed by atoms with Crippen molar-refractivity contribution < 1.29 is 23.7 Å². The maximum atomic E-state index is 11.2. The molecular weight excluding hydrogens is 320 g/mol. The summed E-state index contributed by atoms with van der Waals surface area (Å²) < 4.78 is 21.3. The van der Waals surface area contributed by atoms with Gasteiger partial charge in [-0.2, -0.15) is 0 Å². The molecule has 5 nitrogen and oxygen atoms in total. The molecule has 0 aromatic heterocycles. The lowest BCUT2D eigenvalue weighted by atomic mass is 10.2. The quantitative estimate of drug-likeness (QED) is 0.395. The predicted octanol–water partition coefficient (Wildman–Crippen LogP) is 3.73. The van der Waals surface area contributed by atoms with Gasteiger partial charge >= 0.3 is 5.97 Å². The number of rotatable bonds is 9. The minimum atomic E-state index is -0.406. The number of hydrogen-bond donors (Lipinski definition) is 0. The van der Waals surface area contributed by atoms with Gasteiger partial charge in [0.15, 0.2) is 11.5 Å². The van der Waals surface area contributed by atoms with Crippen LogP contribution in [0.5, 0.6) is 17.2 Å². The fourth-order valence-corrected chi connectivity index (χ4v) is 2.09. The standard InChI is InChI=1S/C20H22O5/c1-22-18-11-9-16(10-12-20(21)23-2)15-19(18)25-14-6-13-24-17-7-4-3-5-8-17/h3-5,7-12,15H,6,13-14H2,1-2H3. The van der Waals surface area contributed by atoms with Crippen LogP contribution in [0, 0.1) is 0 Å². The molecule has 0 unspecified atom stereocenters. The zero-order chi connectivity index (χ0) is 17.9. The average molecular weight is 342 g/mol. The maximum absolute atomic E-state index is 11.2. The molecule has 0 N–H and O–H groups in total. The van der Waals surface area contributed by atoms with Crippen molar-refractivity contribution in [3.63, 3.8) is 0 Å². The molecule has 0 aliphatic carbocycles. The lowest BCUT2D eigenvalue weighted by molar-refractivity contribution is -0.134. The van der Waals surface area contributed by atoms with Gasteiger partial charge in [-0.25, -0.2) is 4.79 Å². The second-order valence-corrected chi connectivity index (χ2v) is 5.13. The molecule has 2 aromatic rings. The van der Waals surface area contributed by atoms with Crippen molar-refractivity contribution in [2.45, 2.75) is 6.42 Å². The van der Waals surface area contributed by atoms with Gasteiger partial charge in [-0.3, -0.25) is 0 Å². The van der Waals surface area contributed by atoms with Crippen molar-refractivity contribution in [2.75, 3.05) is 27.4 Å². The van der Waals surface area contributed by atoms with Crippen LogP contribution in [-0.2, 0) is 9.53 Å². The molecule has 0 atom stereocenters. The van der Waals surface area contributed by atoms with E-state index in [0.717, 1.165) is 17.7 Å². The number of para-hydroxylation sites is 1. The summed E-state index contributed by atoms with van der Waals surface area (Å²) in [5.41, 5.74) is 0.821. The Labute approximate surface area is 147 Å². The molecule has 0 heterocycles. The SMILES string of the molecule is COC(=O)C=Cc1ccc(OC)c(OCCCOc2ccccc2)c1. The van der Waals surface area contributed by atoms with Gasteiger partial charge < -0.3 is 18.9 Å². The van der Waals surface area contributed by atoms with Gasteiger partial charge in [0.2, 0.25) is 0 Å². The van der Waals surface area contributed by atoms with E-state index in [1.54, 1.807) is 19.3 Å². The topological polar surface area (TPSA) is 54.0 Å². The third kappa shape index (κ3) is 6.22. The van der Waals surface area contributed by atoms with E-state index in [1.165, 1.54) is 13.2 Å². The lowest BCUT2D eigenvalue weighted by Gasteiger charge is -2.12. The molecule has 0 saturated carbocycles. The lowest BCUT2D eigenvalue weighted by Crippen LogP contribution is -2.05. The van der Waals surface area contributed by atoms with Crippen LogP contribution in [0.1, 0.15) is 12.0 Å². The molecule has 132 valence electrons. The van der Waals surface area contributed by atoms with Crippen LogP contribution in [-0.4, -0.2) is 33.4 Å². The number of ether oxygens (including phenoxy) is 4. The first-order valence-corrected chi connectivity index (χ1v) is 7.97. The van der Waals surface area contributed by atoms with E-state index >= 15 is 0 Å². The van der Waals surface area contributed by atoms with Gasteiger partial charge in [0.05, 0.1) is 27.4 Å². The Kier molecular flexibility index (Phi) is 7.38. The Morgan fingerprint density at radius 3 is 2.44 bits per heavy atom. The van der Waals surface area contributed by atoms with Crippen molar-refractivity contribution in [1.29, 1.82) is 0 Å². The minimum Gasteiger partial charge on any atom is -0.493 e. The van der Waals surface area contributed by atoms with Crippen molar-refractivity contribution in [3.8, 4) is 17.2 Å². The fourth-order valence-electron chi connectivity index (χ4n) is 2.09. The number of benzene rings is 2.